The predicted octanol–water partition coefficient (Wildman–Crippen LogP) is -0.685. The van der Waals surface area contributed by atoms with Gasteiger partial charge in [-0.3, -0.25) is 9.79 Å². The molecule has 1 aliphatic carbocycles. The van der Waals surface area contributed by atoms with E-state index in [9.17, 15) is 9.59 Å². The molecule has 1 fully saturated rings. The van der Waals surface area contributed by atoms with Gasteiger partial charge in [-0.15, -0.1) is 0 Å². The first-order valence-electron chi connectivity index (χ1n) is 3.99. The van der Waals surface area contributed by atoms with E-state index in [0.29, 0.717) is 5.84 Å². The number of hydrogen-bond donors (Lipinski definition) is 3. The van der Waals surface area contributed by atoms with Gasteiger partial charge in [0, 0.05) is 0 Å². The Morgan fingerprint density at radius 2 is 2.38 bits per heavy atom. The lowest BCUT2D eigenvalue weighted by Gasteiger charge is -1.99. The summed E-state index contributed by atoms with van der Waals surface area (Å²) < 4.78 is 0. The minimum atomic E-state index is -1.12. The van der Waals surface area contributed by atoms with Gasteiger partial charge in [0.15, 0.2) is 0 Å². The Kier molecular flexibility index (Phi) is 1.51. The monoisotopic (exact) mass is 183 g/mol. The van der Waals surface area contributed by atoms with Crippen molar-refractivity contribution < 1.29 is 14.7 Å². The molecule has 1 aliphatic heterocycles. The standard InChI is InChI=1S/C7H9N3O3/c11-5-7(1-2-7)10-4(9-5)3-8-6(12)13/h8H,1-3H2,(H,12,13)(H,9,10,11). The van der Waals surface area contributed by atoms with Crippen LogP contribution in [0.25, 0.3) is 0 Å². The van der Waals surface area contributed by atoms with Crippen LogP contribution in [0.5, 0.6) is 0 Å². The molecule has 0 aromatic rings. The van der Waals surface area contributed by atoms with Gasteiger partial charge in [0.1, 0.15) is 11.4 Å². The summed E-state index contributed by atoms with van der Waals surface area (Å²) in [6, 6.07) is 0. The number of hydrogen-bond acceptors (Lipinski definition) is 3. The van der Waals surface area contributed by atoms with Gasteiger partial charge in [-0.25, -0.2) is 4.79 Å². The van der Waals surface area contributed by atoms with Gasteiger partial charge in [-0.2, -0.15) is 0 Å². The van der Waals surface area contributed by atoms with Crippen molar-refractivity contribution in [3.8, 4) is 0 Å². The first kappa shape index (κ1) is 8.03. The molecule has 1 spiro atoms. The molecule has 1 saturated carbocycles. The second-order valence-corrected chi connectivity index (χ2v) is 3.20. The van der Waals surface area contributed by atoms with Crippen LogP contribution in [0, 0.1) is 0 Å². The molecule has 6 heteroatoms. The highest BCUT2D eigenvalue weighted by Crippen LogP contribution is 2.42. The van der Waals surface area contributed by atoms with Crippen LogP contribution >= 0.6 is 0 Å². The van der Waals surface area contributed by atoms with Crippen molar-refractivity contribution in [2.75, 3.05) is 6.54 Å². The fraction of sp³-hybridized carbons (Fsp3) is 0.571. The largest absolute Gasteiger partial charge is 0.465 e. The molecule has 13 heavy (non-hydrogen) atoms. The van der Waals surface area contributed by atoms with Gasteiger partial charge in [-0.05, 0) is 12.8 Å². The maximum atomic E-state index is 11.2. The van der Waals surface area contributed by atoms with Gasteiger partial charge in [0.25, 0.3) is 5.91 Å². The van der Waals surface area contributed by atoms with Crippen LogP contribution in [0.15, 0.2) is 4.99 Å². The van der Waals surface area contributed by atoms with Crippen molar-refractivity contribution in [2.45, 2.75) is 18.4 Å². The van der Waals surface area contributed by atoms with E-state index in [-0.39, 0.29) is 12.5 Å². The van der Waals surface area contributed by atoms with E-state index in [2.05, 4.69) is 15.6 Å². The fourth-order valence-electron chi connectivity index (χ4n) is 1.28. The van der Waals surface area contributed by atoms with Crippen molar-refractivity contribution in [3.05, 3.63) is 0 Å². The molecule has 0 radical (unpaired) electrons. The molecule has 0 saturated heterocycles. The molecule has 0 bridgehead atoms. The molecule has 70 valence electrons. The van der Waals surface area contributed by atoms with E-state index < -0.39 is 11.6 Å². The summed E-state index contributed by atoms with van der Waals surface area (Å²) in [5.41, 5.74) is -0.532. The predicted molar refractivity (Wildman–Crippen MR) is 43.6 cm³/mol. The molecular formula is C7H9N3O3. The normalized spacial score (nSPS) is 22.5. The Balaban J connectivity index is 1.95. The summed E-state index contributed by atoms with van der Waals surface area (Å²) in [6.45, 7) is 0.0722. The van der Waals surface area contributed by atoms with E-state index in [1.54, 1.807) is 0 Å². The summed E-state index contributed by atoms with van der Waals surface area (Å²) in [6.07, 6.45) is 0.429. The molecule has 2 aliphatic rings. The number of aliphatic imine (C=N–C) groups is 1. The number of nitrogens with one attached hydrogen (secondary N) is 2. The molecule has 0 unspecified atom stereocenters. The SMILES string of the molecule is O=C(O)NCC1=NC2(CC2)C(=O)N1. The quantitative estimate of drug-likeness (QED) is 0.529. The highest BCUT2D eigenvalue weighted by molar-refractivity contribution is 6.10. The number of amides is 2. The molecular weight excluding hydrogens is 174 g/mol. The van der Waals surface area contributed by atoms with Crippen LogP contribution in [0.4, 0.5) is 4.79 Å². The zero-order chi connectivity index (χ0) is 9.47. The van der Waals surface area contributed by atoms with E-state index in [1.807, 2.05) is 0 Å². The van der Waals surface area contributed by atoms with Crippen LogP contribution in [-0.4, -0.2) is 35.0 Å². The molecule has 6 nitrogen and oxygen atoms in total. The molecule has 0 aromatic heterocycles. The number of nitrogens with zero attached hydrogens (tertiary/aromatic N) is 1. The van der Waals surface area contributed by atoms with Crippen molar-refractivity contribution in [3.63, 3.8) is 0 Å². The zero-order valence-corrected chi connectivity index (χ0v) is 6.83. The van der Waals surface area contributed by atoms with Crippen molar-refractivity contribution in [2.24, 2.45) is 4.99 Å². The maximum Gasteiger partial charge on any atom is 0.405 e. The van der Waals surface area contributed by atoms with Gasteiger partial charge in [-0.1, -0.05) is 0 Å². The summed E-state index contributed by atoms with van der Waals surface area (Å²) in [7, 11) is 0. The zero-order valence-electron chi connectivity index (χ0n) is 6.83. The molecule has 0 atom stereocenters. The molecule has 0 aromatic carbocycles. The second-order valence-electron chi connectivity index (χ2n) is 3.20. The first-order chi connectivity index (χ1) is 6.12. The van der Waals surface area contributed by atoms with Gasteiger partial charge >= 0.3 is 6.09 Å². The lowest BCUT2D eigenvalue weighted by molar-refractivity contribution is -0.120. The number of rotatable bonds is 2. The molecule has 1 heterocycles. The number of amidine groups is 1. The molecule has 2 rings (SSSR count). The highest BCUT2D eigenvalue weighted by atomic mass is 16.4. The molecule has 3 N–H and O–H groups in total. The third kappa shape index (κ3) is 1.34. The van der Waals surface area contributed by atoms with E-state index >= 15 is 0 Å². The van der Waals surface area contributed by atoms with Crippen molar-refractivity contribution >= 4 is 17.8 Å². The number of carbonyl (C=O) groups excluding carboxylic acids is 1. The Morgan fingerprint density at radius 3 is 2.85 bits per heavy atom. The van der Waals surface area contributed by atoms with Crippen LogP contribution in [0.2, 0.25) is 0 Å². The van der Waals surface area contributed by atoms with Crippen LogP contribution in [0.3, 0.4) is 0 Å². The van der Waals surface area contributed by atoms with Gasteiger partial charge < -0.3 is 15.7 Å². The fourth-order valence-corrected chi connectivity index (χ4v) is 1.28. The lowest BCUT2D eigenvalue weighted by atomic mass is 10.3. The van der Waals surface area contributed by atoms with E-state index in [4.69, 9.17) is 5.11 Å². The topological polar surface area (TPSA) is 90.8 Å². The van der Waals surface area contributed by atoms with Crippen LogP contribution in [-0.2, 0) is 4.79 Å². The summed E-state index contributed by atoms with van der Waals surface area (Å²) in [5.74, 6) is 0.319. The van der Waals surface area contributed by atoms with E-state index in [0.717, 1.165) is 12.8 Å². The van der Waals surface area contributed by atoms with Crippen molar-refractivity contribution in [1.29, 1.82) is 0 Å². The number of carboxylic acid groups (broad SMARTS) is 1. The highest BCUT2D eigenvalue weighted by Gasteiger charge is 2.53. The minimum Gasteiger partial charge on any atom is -0.465 e. The average Bonchev–Trinajstić information content (AvgIpc) is 2.73. The minimum absolute atomic E-state index is 0.0722. The van der Waals surface area contributed by atoms with Crippen LogP contribution in [0.1, 0.15) is 12.8 Å². The Bertz CT molecular complexity index is 306. The third-order valence-corrected chi connectivity index (χ3v) is 2.16. The average molecular weight is 183 g/mol. The third-order valence-electron chi connectivity index (χ3n) is 2.16. The lowest BCUT2D eigenvalue weighted by Crippen LogP contribution is -2.36. The summed E-state index contributed by atoms with van der Waals surface area (Å²) >= 11 is 0. The first-order valence-corrected chi connectivity index (χ1v) is 3.99. The van der Waals surface area contributed by atoms with Crippen LogP contribution < -0.4 is 10.6 Å². The van der Waals surface area contributed by atoms with Crippen molar-refractivity contribution in [1.82, 2.24) is 10.6 Å². The Labute approximate surface area is 74.0 Å². The summed E-state index contributed by atoms with van der Waals surface area (Å²) in [5, 5.41) is 13.0. The van der Waals surface area contributed by atoms with E-state index in [1.165, 1.54) is 0 Å². The van der Waals surface area contributed by atoms with Gasteiger partial charge in [0.05, 0.1) is 6.54 Å². The Morgan fingerprint density at radius 1 is 1.69 bits per heavy atom. The summed E-state index contributed by atoms with van der Waals surface area (Å²) in [4.78, 5) is 25.5. The molecule has 2 amide bonds. The second kappa shape index (κ2) is 2.45. The smallest absolute Gasteiger partial charge is 0.405 e. The Hall–Kier alpha value is -1.59. The number of carbonyl (C=O) groups is 2. The maximum absolute atomic E-state index is 11.2. The van der Waals surface area contributed by atoms with Gasteiger partial charge in [0.2, 0.25) is 0 Å².